The summed E-state index contributed by atoms with van der Waals surface area (Å²) in [4.78, 5) is 25.4. The zero-order chi connectivity index (χ0) is 25.1. The number of unbranched alkanes of at least 4 members (excludes halogenated alkanes) is 2. The fourth-order valence-corrected chi connectivity index (χ4v) is 3.34. The Kier molecular flexibility index (Phi) is 18.9. The van der Waals surface area contributed by atoms with Crippen LogP contribution < -0.4 is 0 Å². The molecule has 0 bridgehead atoms. The highest BCUT2D eigenvalue weighted by Crippen LogP contribution is 2.19. The van der Waals surface area contributed by atoms with Gasteiger partial charge in [-0.2, -0.15) is 0 Å². The minimum absolute atomic E-state index is 0.299. The first-order valence-corrected chi connectivity index (χ1v) is 12.3. The lowest BCUT2D eigenvalue weighted by Crippen LogP contribution is -2.19. The van der Waals surface area contributed by atoms with Crippen LogP contribution in [-0.4, -0.2) is 30.4 Å². The summed E-state index contributed by atoms with van der Waals surface area (Å²) < 4.78 is 14.4. The molecule has 190 valence electrons. The van der Waals surface area contributed by atoms with Gasteiger partial charge in [-0.25, -0.2) is 14.8 Å². The SMILES string of the molecule is CCCCC(CC)COC(=O)c1ccc(C)cc1C(=O)OCC(CC)CCCC.OOOS. The van der Waals surface area contributed by atoms with E-state index >= 15 is 0 Å². The second kappa shape index (κ2) is 19.8. The van der Waals surface area contributed by atoms with E-state index in [9.17, 15) is 9.59 Å². The number of carbonyl (C=O) groups is 2. The van der Waals surface area contributed by atoms with E-state index in [1.807, 2.05) is 13.0 Å². The fraction of sp³-hybridized carbons (Fsp3) is 0.680. The summed E-state index contributed by atoms with van der Waals surface area (Å²) >= 11 is 2.95. The Bertz CT molecular complexity index is 664. The van der Waals surface area contributed by atoms with Crippen LogP contribution in [0.3, 0.4) is 0 Å². The van der Waals surface area contributed by atoms with Crippen LogP contribution >= 0.6 is 12.9 Å². The van der Waals surface area contributed by atoms with Gasteiger partial charge in [0.1, 0.15) is 0 Å². The highest BCUT2D eigenvalue weighted by molar-refractivity contribution is 7.74. The Morgan fingerprint density at radius 1 is 0.879 bits per heavy atom. The summed E-state index contributed by atoms with van der Waals surface area (Å²) in [6, 6.07) is 5.23. The smallest absolute Gasteiger partial charge is 0.339 e. The summed E-state index contributed by atoms with van der Waals surface area (Å²) in [6.45, 7) is 11.2. The number of rotatable bonds is 15. The number of thiol groups is 1. The number of hydrogen-bond acceptors (Lipinski definition) is 8. The first kappa shape index (κ1) is 31.4. The van der Waals surface area contributed by atoms with Gasteiger partial charge in [0.15, 0.2) is 0 Å². The Morgan fingerprint density at radius 2 is 1.33 bits per heavy atom. The van der Waals surface area contributed by atoms with Gasteiger partial charge >= 0.3 is 11.9 Å². The number of ether oxygens (including phenoxy) is 2. The van der Waals surface area contributed by atoms with E-state index in [1.165, 1.54) is 0 Å². The van der Waals surface area contributed by atoms with E-state index in [1.54, 1.807) is 12.1 Å². The zero-order valence-electron chi connectivity index (χ0n) is 20.8. The minimum atomic E-state index is -0.440. The predicted molar refractivity (Wildman–Crippen MR) is 132 cm³/mol. The average Bonchev–Trinajstić information content (AvgIpc) is 2.84. The maximum Gasteiger partial charge on any atom is 0.339 e. The van der Waals surface area contributed by atoms with Gasteiger partial charge in [0.2, 0.25) is 0 Å². The molecule has 1 N–H and O–H groups in total. The summed E-state index contributed by atoms with van der Waals surface area (Å²) in [6.07, 6.45) is 8.60. The van der Waals surface area contributed by atoms with Crippen LogP contribution in [0, 0.1) is 18.8 Å². The van der Waals surface area contributed by atoms with Crippen molar-refractivity contribution in [1.29, 1.82) is 0 Å². The Balaban J connectivity index is 0.00000235. The zero-order valence-corrected chi connectivity index (χ0v) is 21.7. The van der Waals surface area contributed by atoms with Crippen LogP contribution in [0.15, 0.2) is 18.2 Å². The maximum atomic E-state index is 12.7. The van der Waals surface area contributed by atoms with Gasteiger partial charge < -0.3 is 9.47 Å². The van der Waals surface area contributed by atoms with Crippen molar-refractivity contribution in [3.63, 3.8) is 0 Å². The molecule has 0 fully saturated rings. The third kappa shape index (κ3) is 13.6. The molecule has 1 rings (SSSR count). The molecule has 0 heterocycles. The van der Waals surface area contributed by atoms with Crippen LogP contribution in [0.2, 0.25) is 0 Å². The Morgan fingerprint density at radius 3 is 1.73 bits per heavy atom. The second-order valence-corrected chi connectivity index (χ2v) is 8.38. The minimum Gasteiger partial charge on any atom is -0.462 e. The highest BCUT2D eigenvalue weighted by atomic mass is 32.1. The van der Waals surface area contributed by atoms with Crippen LogP contribution in [0.1, 0.15) is 105 Å². The highest BCUT2D eigenvalue weighted by Gasteiger charge is 2.21. The molecule has 7 nitrogen and oxygen atoms in total. The van der Waals surface area contributed by atoms with Gasteiger partial charge in [-0.3, -0.25) is 0 Å². The lowest BCUT2D eigenvalue weighted by molar-refractivity contribution is -0.430. The van der Waals surface area contributed by atoms with E-state index in [4.69, 9.17) is 14.7 Å². The number of benzene rings is 1. The molecule has 0 aliphatic heterocycles. The quantitative estimate of drug-likeness (QED) is 0.0907. The van der Waals surface area contributed by atoms with Gasteiger partial charge in [-0.15, -0.1) is 4.33 Å². The van der Waals surface area contributed by atoms with Crippen molar-refractivity contribution in [2.75, 3.05) is 13.2 Å². The molecule has 0 aromatic heterocycles. The standard InChI is InChI=1S/C25H40O4.H2O3S/c1-6-10-12-20(8-3)17-28-24(26)22-15-14-19(5)16-23(22)25(27)29-18-21(9-4)13-11-7-2;1-2-3-4/h14-16,20-21H,6-13,17-18H2,1-5H3;1,4H. The molecule has 0 saturated carbocycles. The Labute approximate surface area is 204 Å². The number of esters is 2. The predicted octanol–water partition coefficient (Wildman–Crippen LogP) is 6.99. The molecule has 0 radical (unpaired) electrons. The van der Waals surface area contributed by atoms with E-state index in [0.717, 1.165) is 56.9 Å². The monoisotopic (exact) mass is 486 g/mol. The molecule has 8 heteroatoms. The molecule has 1 aromatic rings. The molecule has 0 aliphatic carbocycles. The first-order valence-electron chi connectivity index (χ1n) is 11.9. The maximum absolute atomic E-state index is 12.7. The fourth-order valence-electron chi connectivity index (χ4n) is 3.34. The van der Waals surface area contributed by atoms with Crippen molar-refractivity contribution in [3.8, 4) is 0 Å². The van der Waals surface area contributed by atoms with Crippen molar-refractivity contribution in [2.24, 2.45) is 11.8 Å². The summed E-state index contributed by atoms with van der Waals surface area (Å²) in [5, 5.41) is 9.98. The summed E-state index contributed by atoms with van der Waals surface area (Å²) in [7, 11) is 0. The van der Waals surface area contributed by atoms with Crippen molar-refractivity contribution in [1.82, 2.24) is 0 Å². The molecular formula is C25H42O7S. The number of aryl methyl sites for hydroxylation is 1. The van der Waals surface area contributed by atoms with Crippen molar-refractivity contribution >= 4 is 24.8 Å². The molecule has 0 saturated heterocycles. The van der Waals surface area contributed by atoms with E-state index in [2.05, 4.69) is 50.0 Å². The molecule has 0 aliphatic rings. The molecule has 0 spiro atoms. The van der Waals surface area contributed by atoms with Crippen molar-refractivity contribution in [2.45, 2.75) is 86.0 Å². The third-order valence-corrected chi connectivity index (χ3v) is 5.70. The van der Waals surface area contributed by atoms with Crippen molar-refractivity contribution < 1.29 is 33.7 Å². The first-order chi connectivity index (χ1) is 15.9. The molecule has 2 unspecified atom stereocenters. The third-order valence-electron chi connectivity index (χ3n) is 5.64. The molecule has 2 atom stereocenters. The van der Waals surface area contributed by atoms with E-state index in [-0.39, 0.29) is 0 Å². The summed E-state index contributed by atoms with van der Waals surface area (Å²) in [5.74, 6) is -0.148. The van der Waals surface area contributed by atoms with Gasteiger partial charge in [-0.05, 0) is 43.7 Å². The topological polar surface area (TPSA) is 91.3 Å². The van der Waals surface area contributed by atoms with Crippen LogP contribution in [0.25, 0.3) is 0 Å². The van der Waals surface area contributed by atoms with E-state index < -0.39 is 11.9 Å². The summed E-state index contributed by atoms with van der Waals surface area (Å²) in [5.41, 5.74) is 1.52. The second-order valence-electron chi connectivity index (χ2n) is 8.23. The molecule has 0 amide bonds. The van der Waals surface area contributed by atoms with Gasteiger partial charge in [-0.1, -0.05) is 82.9 Å². The van der Waals surface area contributed by atoms with Gasteiger partial charge in [0, 0.05) is 12.9 Å². The normalized spacial score (nSPS) is 12.3. The molecule has 1 aromatic carbocycles. The lowest BCUT2D eigenvalue weighted by atomic mass is 10.00. The van der Waals surface area contributed by atoms with Crippen LogP contribution in [0.4, 0.5) is 0 Å². The van der Waals surface area contributed by atoms with Crippen molar-refractivity contribution in [3.05, 3.63) is 34.9 Å². The molecule has 33 heavy (non-hydrogen) atoms. The number of carbonyl (C=O) groups excluding carboxylic acids is 2. The molecular weight excluding hydrogens is 444 g/mol. The average molecular weight is 487 g/mol. The van der Waals surface area contributed by atoms with Gasteiger partial charge in [0.05, 0.1) is 24.3 Å². The lowest BCUT2D eigenvalue weighted by Gasteiger charge is -2.17. The largest absolute Gasteiger partial charge is 0.462 e. The Hall–Kier alpha value is -1.61. The number of hydrogen-bond donors (Lipinski definition) is 2. The van der Waals surface area contributed by atoms with Crippen LogP contribution in [0.5, 0.6) is 0 Å². The van der Waals surface area contributed by atoms with Crippen LogP contribution in [-0.2, 0) is 18.8 Å². The van der Waals surface area contributed by atoms with E-state index in [0.29, 0.717) is 36.2 Å². The van der Waals surface area contributed by atoms with Gasteiger partial charge in [0.25, 0.3) is 0 Å².